The van der Waals surface area contributed by atoms with Gasteiger partial charge in [-0.3, -0.25) is 9.59 Å². The molecule has 2 aromatic rings. The summed E-state index contributed by atoms with van der Waals surface area (Å²) >= 11 is 1.32. The van der Waals surface area contributed by atoms with Crippen molar-refractivity contribution in [3.63, 3.8) is 0 Å². The first kappa shape index (κ1) is 14.3. The highest BCUT2D eigenvalue weighted by Crippen LogP contribution is 2.23. The van der Waals surface area contributed by atoms with Gasteiger partial charge in [-0.05, 0) is 26.0 Å². The second kappa shape index (κ2) is 6.33. The number of amides is 2. The van der Waals surface area contributed by atoms with Crippen LogP contribution >= 0.6 is 11.3 Å². The summed E-state index contributed by atoms with van der Waals surface area (Å²) in [7, 11) is 0. The van der Waals surface area contributed by atoms with Crippen molar-refractivity contribution < 1.29 is 14.0 Å². The molecule has 20 heavy (non-hydrogen) atoms. The molecule has 0 aliphatic rings. The van der Waals surface area contributed by atoms with E-state index in [-0.39, 0.29) is 17.5 Å². The van der Waals surface area contributed by atoms with Gasteiger partial charge in [-0.2, -0.15) is 0 Å². The molecule has 0 fully saturated rings. The molecule has 2 heterocycles. The Labute approximate surface area is 120 Å². The largest absolute Gasteiger partial charge is 0.462 e. The molecule has 2 amide bonds. The fourth-order valence-corrected chi connectivity index (χ4v) is 2.32. The van der Waals surface area contributed by atoms with Gasteiger partial charge in [-0.25, -0.2) is 4.98 Å². The van der Waals surface area contributed by atoms with E-state index in [1.165, 1.54) is 11.3 Å². The number of aromatic nitrogens is 1. The van der Waals surface area contributed by atoms with E-state index in [9.17, 15) is 9.59 Å². The molecule has 0 aliphatic carbocycles. The molecule has 0 radical (unpaired) electrons. The molecule has 2 aromatic heterocycles. The van der Waals surface area contributed by atoms with Gasteiger partial charge in [0.2, 0.25) is 5.91 Å². The van der Waals surface area contributed by atoms with Crippen molar-refractivity contribution in [3.05, 3.63) is 29.5 Å². The summed E-state index contributed by atoms with van der Waals surface area (Å²) in [6.45, 7) is 3.98. The second-order valence-electron chi connectivity index (χ2n) is 4.10. The third kappa shape index (κ3) is 3.24. The summed E-state index contributed by atoms with van der Waals surface area (Å²) in [6, 6.07) is 2.93. The third-order valence-electron chi connectivity index (χ3n) is 2.56. The number of hydrogen-bond acceptors (Lipinski definition) is 5. The van der Waals surface area contributed by atoms with Crippen LogP contribution in [0.4, 0.5) is 0 Å². The molecule has 0 saturated heterocycles. The Bertz CT molecular complexity index is 592. The predicted octanol–water partition coefficient (Wildman–Crippen LogP) is 1.66. The van der Waals surface area contributed by atoms with Gasteiger partial charge in [-0.15, -0.1) is 11.3 Å². The fraction of sp³-hybridized carbons (Fsp3) is 0.308. The molecule has 0 saturated carbocycles. The number of furan rings is 1. The highest BCUT2D eigenvalue weighted by atomic mass is 32.1. The lowest BCUT2D eigenvalue weighted by Gasteiger charge is -2.12. The van der Waals surface area contributed by atoms with Crippen LogP contribution in [0.5, 0.6) is 0 Å². The number of nitrogens with zero attached hydrogens (tertiary/aromatic N) is 1. The van der Waals surface area contributed by atoms with Gasteiger partial charge >= 0.3 is 0 Å². The van der Waals surface area contributed by atoms with Gasteiger partial charge in [0, 0.05) is 11.9 Å². The first-order valence-electron chi connectivity index (χ1n) is 6.19. The summed E-state index contributed by atoms with van der Waals surface area (Å²) in [6.07, 6.45) is 1.55. The molecule has 106 valence electrons. The Morgan fingerprint density at radius 2 is 2.30 bits per heavy atom. The topological polar surface area (TPSA) is 84.2 Å². The fourth-order valence-electron chi connectivity index (χ4n) is 1.55. The molecule has 6 nitrogen and oxygen atoms in total. The first-order valence-corrected chi connectivity index (χ1v) is 7.07. The minimum Gasteiger partial charge on any atom is -0.462 e. The van der Waals surface area contributed by atoms with Gasteiger partial charge in [0.25, 0.3) is 5.91 Å². The van der Waals surface area contributed by atoms with Crippen molar-refractivity contribution in [1.29, 1.82) is 0 Å². The molecule has 2 rings (SSSR count). The van der Waals surface area contributed by atoms with Gasteiger partial charge in [-0.1, -0.05) is 0 Å². The Morgan fingerprint density at radius 1 is 1.50 bits per heavy atom. The number of rotatable bonds is 5. The van der Waals surface area contributed by atoms with Crippen LogP contribution in [-0.2, 0) is 4.79 Å². The maximum atomic E-state index is 12.0. The van der Waals surface area contributed by atoms with Gasteiger partial charge in [0.1, 0.15) is 11.7 Å². The summed E-state index contributed by atoms with van der Waals surface area (Å²) < 4.78 is 5.22. The lowest BCUT2D eigenvalue weighted by Crippen LogP contribution is -2.44. The van der Waals surface area contributed by atoms with Gasteiger partial charge in [0.05, 0.1) is 6.26 Å². The average molecular weight is 293 g/mol. The Morgan fingerprint density at radius 3 is 2.95 bits per heavy atom. The van der Waals surface area contributed by atoms with E-state index in [0.29, 0.717) is 17.3 Å². The molecular formula is C13H15N3O3S. The number of carbonyl (C=O) groups excluding carboxylic acids is 2. The number of nitrogens with one attached hydrogen (secondary N) is 2. The molecule has 2 N–H and O–H groups in total. The molecule has 0 aliphatic heterocycles. The Hall–Kier alpha value is -2.15. The normalized spacial score (nSPS) is 11.9. The van der Waals surface area contributed by atoms with E-state index >= 15 is 0 Å². The zero-order valence-corrected chi connectivity index (χ0v) is 12.0. The summed E-state index contributed by atoms with van der Waals surface area (Å²) in [5.41, 5.74) is 0.276. The molecule has 0 bridgehead atoms. The molecule has 7 heteroatoms. The quantitative estimate of drug-likeness (QED) is 0.878. The van der Waals surface area contributed by atoms with Gasteiger partial charge in [0.15, 0.2) is 10.8 Å². The van der Waals surface area contributed by atoms with Crippen molar-refractivity contribution in [2.75, 3.05) is 6.54 Å². The standard InChI is InChI=1S/C13H15N3O3S/c1-3-14-11(17)8(2)15-12(18)9-7-20-13(16-9)10-5-4-6-19-10/h4-8H,3H2,1-2H3,(H,14,17)(H,15,18). The second-order valence-corrected chi connectivity index (χ2v) is 4.96. The van der Waals surface area contributed by atoms with E-state index in [4.69, 9.17) is 4.42 Å². The molecule has 1 atom stereocenters. The number of hydrogen-bond donors (Lipinski definition) is 2. The maximum absolute atomic E-state index is 12.0. The Kier molecular flexibility index (Phi) is 4.52. The van der Waals surface area contributed by atoms with E-state index in [2.05, 4.69) is 15.6 Å². The van der Waals surface area contributed by atoms with E-state index < -0.39 is 6.04 Å². The van der Waals surface area contributed by atoms with E-state index in [1.54, 1.807) is 30.7 Å². The minimum atomic E-state index is -0.601. The number of carbonyl (C=O) groups is 2. The van der Waals surface area contributed by atoms with Crippen LogP contribution in [0.25, 0.3) is 10.8 Å². The highest BCUT2D eigenvalue weighted by Gasteiger charge is 2.18. The van der Waals surface area contributed by atoms with Crippen LogP contribution in [0.3, 0.4) is 0 Å². The molecular weight excluding hydrogens is 278 g/mol. The van der Waals surface area contributed by atoms with Crippen LogP contribution in [-0.4, -0.2) is 29.4 Å². The van der Waals surface area contributed by atoms with Crippen LogP contribution in [0, 0.1) is 0 Å². The molecule has 0 aromatic carbocycles. The SMILES string of the molecule is CCNC(=O)C(C)NC(=O)c1csc(-c2ccco2)n1. The van der Waals surface area contributed by atoms with E-state index in [1.807, 2.05) is 6.92 Å². The number of thiazole rings is 1. The average Bonchev–Trinajstić information content (AvgIpc) is 3.09. The summed E-state index contributed by atoms with van der Waals surface area (Å²) in [5.74, 6) is 0.0194. The van der Waals surface area contributed by atoms with E-state index in [0.717, 1.165) is 0 Å². The predicted molar refractivity (Wildman–Crippen MR) is 75.4 cm³/mol. The van der Waals surface area contributed by atoms with Crippen LogP contribution in [0.1, 0.15) is 24.3 Å². The summed E-state index contributed by atoms with van der Waals surface area (Å²) in [5, 5.41) is 7.51. The zero-order chi connectivity index (χ0) is 14.5. The van der Waals surface area contributed by atoms with Crippen LogP contribution in [0.2, 0.25) is 0 Å². The number of likely N-dealkylation sites (N-methyl/N-ethyl adjacent to an activating group) is 1. The van der Waals surface area contributed by atoms with Gasteiger partial charge < -0.3 is 15.1 Å². The van der Waals surface area contributed by atoms with Crippen molar-refractivity contribution >= 4 is 23.2 Å². The zero-order valence-electron chi connectivity index (χ0n) is 11.2. The lowest BCUT2D eigenvalue weighted by molar-refractivity contribution is -0.122. The van der Waals surface area contributed by atoms with Crippen LogP contribution in [0.15, 0.2) is 28.2 Å². The van der Waals surface area contributed by atoms with Crippen molar-refractivity contribution in [1.82, 2.24) is 15.6 Å². The van der Waals surface area contributed by atoms with Crippen molar-refractivity contribution in [2.45, 2.75) is 19.9 Å². The minimum absolute atomic E-state index is 0.220. The first-order chi connectivity index (χ1) is 9.61. The maximum Gasteiger partial charge on any atom is 0.271 e. The summed E-state index contributed by atoms with van der Waals surface area (Å²) in [4.78, 5) is 27.7. The third-order valence-corrected chi connectivity index (χ3v) is 3.42. The monoisotopic (exact) mass is 293 g/mol. The Balaban J connectivity index is 2.01. The van der Waals surface area contributed by atoms with Crippen LogP contribution < -0.4 is 10.6 Å². The highest BCUT2D eigenvalue weighted by molar-refractivity contribution is 7.13. The van der Waals surface area contributed by atoms with Crippen molar-refractivity contribution in [2.24, 2.45) is 0 Å². The molecule has 0 spiro atoms. The van der Waals surface area contributed by atoms with Crippen molar-refractivity contribution in [3.8, 4) is 10.8 Å². The smallest absolute Gasteiger partial charge is 0.271 e. The lowest BCUT2D eigenvalue weighted by atomic mass is 10.3. The molecule has 1 unspecified atom stereocenters.